The Bertz CT molecular complexity index is 588. The molecule has 0 saturated heterocycles. The molecule has 1 aromatic carbocycles. The summed E-state index contributed by atoms with van der Waals surface area (Å²) in [7, 11) is 0. The van der Waals surface area contributed by atoms with Gasteiger partial charge in [-0.1, -0.05) is 19.4 Å². The summed E-state index contributed by atoms with van der Waals surface area (Å²) in [6.07, 6.45) is 2.53. The maximum atomic E-state index is 11.7. The summed E-state index contributed by atoms with van der Waals surface area (Å²) >= 11 is 0. The van der Waals surface area contributed by atoms with Crippen molar-refractivity contribution in [3.05, 3.63) is 35.4 Å². The van der Waals surface area contributed by atoms with E-state index in [-0.39, 0.29) is 17.3 Å². The van der Waals surface area contributed by atoms with E-state index in [9.17, 15) is 14.7 Å². The van der Waals surface area contributed by atoms with Crippen LogP contribution < -0.4 is 9.47 Å². The number of fused-ring (bicyclic) bond motifs is 1. The highest BCUT2D eigenvalue weighted by Crippen LogP contribution is 2.37. The van der Waals surface area contributed by atoms with Crippen molar-refractivity contribution in [1.82, 2.24) is 0 Å². The molecule has 0 aromatic heterocycles. The van der Waals surface area contributed by atoms with Gasteiger partial charge in [0.15, 0.2) is 0 Å². The zero-order chi connectivity index (χ0) is 15.4. The lowest BCUT2D eigenvalue weighted by molar-refractivity contribution is -0.134. The van der Waals surface area contributed by atoms with Crippen LogP contribution >= 0.6 is 0 Å². The average molecular weight is 290 g/mol. The summed E-state index contributed by atoms with van der Waals surface area (Å²) in [5, 5.41) is 10.1. The largest absolute Gasteiger partial charge is 0.426 e. The molecule has 1 aliphatic rings. The normalized spacial score (nSPS) is 19.1. The van der Waals surface area contributed by atoms with Crippen LogP contribution in [-0.2, 0) is 9.59 Å². The molecule has 21 heavy (non-hydrogen) atoms. The van der Waals surface area contributed by atoms with Gasteiger partial charge in [-0.05, 0) is 25.5 Å². The van der Waals surface area contributed by atoms with Crippen LogP contribution in [0.5, 0.6) is 11.5 Å². The average Bonchev–Trinajstić information content (AvgIpc) is 2.45. The van der Waals surface area contributed by atoms with E-state index in [1.165, 1.54) is 12.1 Å². The molecule has 0 fully saturated rings. The fraction of sp³-hybridized carbons (Fsp3) is 0.375. The van der Waals surface area contributed by atoms with Crippen LogP contribution in [0.25, 0.3) is 0 Å². The summed E-state index contributed by atoms with van der Waals surface area (Å²) in [6, 6.07) is 4.63. The molecule has 0 spiro atoms. The summed E-state index contributed by atoms with van der Waals surface area (Å²) in [5.41, 5.74) is 0.686. The molecule has 1 aliphatic heterocycles. The van der Waals surface area contributed by atoms with E-state index in [1.54, 1.807) is 19.1 Å². The Morgan fingerprint density at radius 1 is 1.48 bits per heavy atom. The molecule has 0 radical (unpaired) electrons. The number of hydrogen-bond acceptors (Lipinski definition) is 5. The number of carbonyl (C=O) groups excluding carboxylic acids is 2. The van der Waals surface area contributed by atoms with Gasteiger partial charge in [0.25, 0.3) is 0 Å². The highest BCUT2D eigenvalue weighted by Gasteiger charge is 2.30. The zero-order valence-corrected chi connectivity index (χ0v) is 12.1. The minimum Gasteiger partial charge on any atom is -0.426 e. The highest BCUT2D eigenvalue weighted by atomic mass is 16.5. The maximum Gasteiger partial charge on any atom is 0.342 e. The van der Waals surface area contributed by atoms with Crippen molar-refractivity contribution >= 4 is 11.9 Å². The molecule has 112 valence electrons. The second kappa shape index (κ2) is 6.54. The highest BCUT2D eigenvalue weighted by molar-refractivity contribution is 5.93. The summed E-state index contributed by atoms with van der Waals surface area (Å²) in [6.45, 7) is 3.65. The van der Waals surface area contributed by atoms with E-state index in [2.05, 4.69) is 0 Å². The molecule has 0 aliphatic carbocycles. The smallest absolute Gasteiger partial charge is 0.342 e. The van der Waals surface area contributed by atoms with Crippen molar-refractivity contribution in [2.24, 2.45) is 0 Å². The number of carbonyl (C=O) groups is 2. The first-order valence-corrected chi connectivity index (χ1v) is 6.98. The van der Waals surface area contributed by atoms with Gasteiger partial charge in [-0.3, -0.25) is 4.79 Å². The standard InChI is InChI=1S/C16H18O5/c1-3-5-6-14(17)20-10-7-8-12-13(9-10)21-16(19)11(4-2)15(12)18/h4,7-9,15,18H,3,5-6H2,1-2H3. The predicted molar refractivity (Wildman–Crippen MR) is 76.0 cm³/mol. The van der Waals surface area contributed by atoms with Crippen molar-refractivity contribution in [2.45, 2.75) is 39.2 Å². The quantitative estimate of drug-likeness (QED) is 0.524. The van der Waals surface area contributed by atoms with Gasteiger partial charge in [0.05, 0.1) is 5.57 Å². The topological polar surface area (TPSA) is 72.8 Å². The fourth-order valence-corrected chi connectivity index (χ4v) is 2.11. The van der Waals surface area contributed by atoms with Gasteiger partial charge in [0.2, 0.25) is 0 Å². The number of ether oxygens (including phenoxy) is 2. The number of aliphatic hydroxyl groups is 1. The van der Waals surface area contributed by atoms with Crippen LogP contribution in [0.3, 0.4) is 0 Å². The van der Waals surface area contributed by atoms with E-state index >= 15 is 0 Å². The van der Waals surface area contributed by atoms with Gasteiger partial charge in [-0.15, -0.1) is 0 Å². The third-order valence-corrected chi connectivity index (χ3v) is 3.29. The summed E-state index contributed by atoms with van der Waals surface area (Å²) in [5.74, 6) is -0.391. The SMILES string of the molecule is CC=C1C(=O)Oc2cc(OC(=O)CCCC)ccc2C1O. The van der Waals surface area contributed by atoms with Crippen LogP contribution in [-0.4, -0.2) is 17.0 Å². The number of aliphatic hydroxyl groups excluding tert-OH is 1. The van der Waals surface area contributed by atoms with Gasteiger partial charge >= 0.3 is 11.9 Å². The van der Waals surface area contributed by atoms with Gasteiger partial charge in [-0.25, -0.2) is 4.79 Å². The van der Waals surface area contributed by atoms with Crippen LogP contribution in [0.2, 0.25) is 0 Å². The number of allylic oxidation sites excluding steroid dienone is 1. The van der Waals surface area contributed by atoms with Crippen LogP contribution in [0.1, 0.15) is 44.8 Å². The Kier molecular flexibility index (Phi) is 4.75. The first kappa shape index (κ1) is 15.3. The van der Waals surface area contributed by atoms with Crippen molar-refractivity contribution in [3.8, 4) is 11.5 Å². The van der Waals surface area contributed by atoms with Crippen LogP contribution in [0, 0.1) is 0 Å². The van der Waals surface area contributed by atoms with Gasteiger partial charge < -0.3 is 14.6 Å². The Morgan fingerprint density at radius 2 is 2.24 bits per heavy atom. The molecule has 5 heteroatoms. The predicted octanol–water partition coefficient (Wildman–Crippen LogP) is 2.68. The van der Waals surface area contributed by atoms with Gasteiger partial charge in [0, 0.05) is 18.1 Å². The molecule has 5 nitrogen and oxygen atoms in total. The van der Waals surface area contributed by atoms with Crippen LogP contribution in [0.15, 0.2) is 29.8 Å². The number of unbranched alkanes of at least 4 members (excludes halogenated alkanes) is 1. The fourth-order valence-electron chi connectivity index (χ4n) is 2.11. The number of rotatable bonds is 4. The van der Waals surface area contributed by atoms with E-state index in [0.29, 0.717) is 17.7 Å². The van der Waals surface area contributed by atoms with Crippen LogP contribution in [0.4, 0.5) is 0 Å². The van der Waals surface area contributed by atoms with Gasteiger partial charge in [0.1, 0.15) is 17.6 Å². The number of esters is 2. The molecule has 1 N–H and O–H groups in total. The second-order valence-corrected chi connectivity index (χ2v) is 4.81. The Balaban J connectivity index is 2.19. The lowest BCUT2D eigenvalue weighted by Gasteiger charge is -2.23. The van der Waals surface area contributed by atoms with Crippen molar-refractivity contribution in [1.29, 1.82) is 0 Å². The molecule has 2 rings (SSSR count). The van der Waals surface area contributed by atoms with Crippen molar-refractivity contribution in [2.75, 3.05) is 0 Å². The lowest BCUT2D eigenvalue weighted by Crippen LogP contribution is -2.23. The molecule has 1 aromatic rings. The molecule has 0 bridgehead atoms. The van der Waals surface area contributed by atoms with E-state index < -0.39 is 12.1 Å². The first-order chi connectivity index (χ1) is 10.1. The Morgan fingerprint density at radius 3 is 2.90 bits per heavy atom. The van der Waals surface area contributed by atoms with Crippen molar-refractivity contribution < 1.29 is 24.2 Å². The van der Waals surface area contributed by atoms with E-state index in [1.807, 2.05) is 6.92 Å². The van der Waals surface area contributed by atoms with E-state index in [4.69, 9.17) is 9.47 Å². The molecule has 1 unspecified atom stereocenters. The molecular formula is C16H18O5. The lowest BCUT2D eigenvalue weighted by atomic mass is 9.98. The number of hydrogen-bond donors (Lipinski definition) is 1. The summed E-state index contributed by atoms with van der Waals surface area (Å²) < 4.78 is 10.3. The zero-order valence-electron chi connectivity index (χ0n) is 12.1. The third-order valence-electron chi connectivity index (χ3n) is 3.29. The minimum absolute atomic E-state index is 0.204. The molecule has 1 heterocycles. The second-order valence-electron chi connectivity index (χ2n) is 4.81. The monoisotopic (exact) mass is 290 g/mol. The summed E-state index contributed by atoms with van der Waals surface area (Å²) in [4.78, 5) is 23.3. The molecule has 0 amide bonds. The Labute approximate surface area is 123 Å². The molecule has 1 atom stereocenters. The minimum atomic E-state index is -1.02. The molecular weight excluding hydrogens is 272 g/mol. The van der Waals surface area contributed by atoms with E-state index in [0.717, 1.165) is 12.8 Å². The number of benzene rings is 1. The third kappa shape index (κ3) is 3.31. The van der Waals surface area contributed by atoms with Gasteiger partial charge in [-0.2, -0.15) is 0 Å². The first-order valence-electron chi connectivity index (χ1n) is 6.98. The maximum absolute atomic E-state index is 11.7. The van der Waals surface area contributed by atoms with Crippen molar-refractivity contribution in [3.63, 3.8) is 0 Å². The molecule has 0 saturated carbocycles. The Hall–Kier alpha value is -2.14.